The van der Waals surface area contributed by atoms with Crippen LogP contribution in [0.1, 0.15) is 17.5 Å². The van der Waals surface area contributed by atoms with Gasteiger partial charge in [0, 0.05) is 31.2 Å². The Bertz CT molecular complexity index is 367. The molecule has 1 atom stereocenters. The highest BCUT2D eigenvalue weighted by Crippen LogP contribution is 2.22. The number of halogens is 1. The molecule has 1 aromatic carbocycles. The van der Waals surface area contributed by atoms with Crippen LogP contribution in [-0.2, 0) is 11.3 Å². The second-order valence-electron chi connectivity index (χ2n) is 4.41. The van der Waals surface area contributed by atoms with Gasteiger partial charge < -0.3 is 4.74 Å². The molecule has 0 amide bonds. The molecule has 1 fully saturated rings. The summed E-state index contributed by atoms with van der Waals surface area (Å²) in [7, 11) is 1.80. The molecule has 2 nitrogen and oxygen atoms in total. The molecule has 1 saturated heterocycles. The molecule has 1 aliphatic heterocycles. The average molecular weight is 284 g/mol. The van der Waals surface area contributed by atoms with Crippen LogP contribution in [-0.4, -0.2) is 31.2 Å². The third kappa shape index (κ3) is 2.65. The summed E-state index contributed by atoms with van der Waals surface area (Å²) < 4.78 is 6.58. The second kappa shape index (κ2) is 5.30. The highest BCUT2D eigenvalue weighted by atomic mass is 79.9. The lowest BCUT2D eigenvalue weighted by Gasteiger charge is -2.17. The lowest BCUT2D eigenvalue weighted by atomic mass is 10.1. The van der Waals surface area contributed by atoms with Gasteiger partial charge in [-0.25, -0.2) is 0 Å². The number of benzene rings is 1. The van der Waals surface area contributed by atoms with Crippen molar-refractivity contribution >= 4 is 15.9 Å². The molecule has 0 spiro atoms. The predicted octanol–water partition coefficient (Wildman–Crippen LogP) is 2.98. The fourth-order valence-corrected chi connectivity index (χ4v) is 2.60. The summed E-state index contributed by atoms with van der Waals surface area (Å²) in [5, 5.41) is 0. The van der Waals surface area contributed by atoms with Gasteiger partial charge in [0.15, 0.2) is 0 Å². The number of hydrogen-bond donors (Lipinski definition) is 0. The SMILES string of the molecule is CO[C@H]1CCN(Cc2cccc(Br)c2C)C1. The van der Waals surface area contributed by atoms with E-state index >= 15 is 0 Å². The minimum Gasteiger partial charge on any atom is -0.380 e. The molecule has 1 aliphatic rings. The molecule has 3 heteroatoms. The van der Waals surface area contributed by atoms with Crippen molar-refractivity contribution in [1.29, 1.82) is 0 Å². The summed E-state index contributed by atoms with van der Waals surface area (Å²) in [6, 6.07) is 6.41. The number of methoxy groups -OCH3 is 1. The van der Waals surface area contributed by atoms with Crippen LogP contribution in [0.4, 0.5) is 0 Å². The number of hydrogen-bond acceptors (Lipinski definition) is 2. The Morgan fingerprint density at radius 1 is 1.50 bits per heavy atom. The first-order chi connectivity index (χ1) is 7.70. The fraction of sp³-hybridized carbons (Fsp3) is 0.538. The summed E-state index contributed by atoms with van der Waals surface area (Å²) >= 11 is 3.58. The van der Waals surface area contributed by atoms with Crippen LogP contribution in [0.25, 0.3) is 0 Å². The molecule has 2 rings (SSSR count). The van der Waals surface area contributed by atoms with Gasteiger partial charge in [0.25, 0.3) is 0 Å². The quantitative estimate of drug-likeness (QED) is 0.846. The van der Waals surface area contributed by atoms with Gasteiger partial charge in [-0.05, 0) is 30.5 Å². The van der Waals surface area contributed by atoms with E-state index in [1.54, 1.807) is 7.11 Å². The van der Waals surface area contributed by atoms with Crippen LogP contribution >= 0.6 is 15.9 Å². The smallest absolute Gasteiger partial charge is 0.0710 e. The van der Waals surface area contributed by atoms with Crippen molar-refractivity contribution in [1.82, 2.24) is 4.90 Å². The van der Waals surface area contributed by atoms with Crippen LogP contribution in [0.5, 0.6) is 0 Å². The highest BCUT2D eigenvalue weighted by molar-refractivity contribution is 9.10. The standard InChI is InChI=1S/C13H18BrNO/c1-10-11(4-3-5-13(10)14)8-15-7-6-12(9-15)16-2/h3-5,12H,6-9H2,1-2H3/t12-/m0/s1. The lowest BCUT2D eigenvalue weighted by Crippen LogP contribution is -2.22. The van der Waals surface area contributed by atoms with Gasteiger partial charge in [-0.2, -0.15) is 0 Å². The molecule has 0 saturated carbocycles. The zero-order valence-corrected chi connectivity index (χ0v) is 11.5. The van der Waals surface area contributed by atoms with E-state index in [1.165, 1.54) is 15.6 Å². The summed E-state index contributed by atoms with van der Waals surface area (Å²) in [6.45, 7) is 5.40. The van der Waals surface area contributed by atoms with Crippen LogP contribution in [0, 0.1) is 6.92 Å². The van der Waals surface area contributed by atoms with E-state index in [4.69, 9.17) is 4.74 Å². The summed E-state index contributed by atoms with van der Waals surface area (Å²) in [6.07, 6.45) is 1.58. The van der Waals surface area contributed by atoms with E-state index in [0.717, 1.165) is 26.1 Å². The minimum absolute atomic E-state index is 0.424. The topological polar surface area (TPSA) is 12.5 Å². The van der Waals surface area contributed by atoms with Crippen molar-refractivity contribution in [3.63, 3.8) is 0 Å². The number of likely N-dealkylation sites (tertiary alicyclic amines) is 1. The van der Waals surface area contributed by atoms with E-state index in [2.05, 4.69) is 46.0 Å². The molecular weight excluding hydrogens is 266 g/mol. The molecule has 0 unspecified atom stereocenters. The number of nitrogens with zero attached hydrogens (tertiary/aromatic N) is 1. The van der Waals surface area contributed by atoms with Crippen molar-refractivity contribution in [2.45, 2.75) is 26.0 Å². The maximum atomic E-state index is 5.38. The van der Waals surface area contributed by atoms with Crippen molar-refractivity contribution in [3.8, 4) is 0 Å². The van der Waals surface area contributed by atoms with Crippen molar-refractivity contribution < 1.29 is 4.74 Å². The van der Waals surface area contributed by atoms with E-state index < -0.39 is 0 Å². The summed E-state index contributed by atoms with van der Waals surface area (Å²) in [4.78, 5) is 2.46. The molecule has 0 radical (unpaired) electrons. The van der Waals surface area contributed by atoms with Gasteiger partial charge in [0.05, 0.1) is 6.10 Å². The first-order valence-electron chi connectivity index (χ1n) is 5.70. The van der Waals surface area contributed by atoms with E-state index in [1.807, 2.05) is 0 Å². The first kappa shape index (κ1) is 12.1. The van der Waals surface area contributed by atoms with E-state index in [9.17, 15) is 0 Å². The third-order valence-electron chi connectivity index (χ3n) is 3.34. The summed E-state index contributed by atoms with van der Waals surface area (Å²) in [5.41, 5.74) is 2.76. The van der Waals surface area contributed by atoms with Crippen molar-refractivity contribution in [2.75, 3.05) is 20.2 Å². The van der Waals surface area contributed by atoms with Gasteiger partial charge >= 0.3 is 0 Å². The van der Waals surface area contributed by atoms with Gasteiger partial charge in [0.2, 0.25) is 0 Å². The average Bonchev–Trinajstić information content (AvgIpc) is 2.73. The molecular formula is C13H18BrNO. The fourth-order valence-electron chi connectivity index (χ4n) is 2.20. The lowest BCUT2D eigenvalue weighted by molar-refractivity contribution is 0.107. The van der Waals surface area contributed by atoms with Crippen molar-refractivity contribution in [3.05, 3.63) is 33.8 Å². The zero-order chi connectivity index (χ0) is 11.5. The molecule has 0 aliphatic carbocycles. The predicted molar refractivity (Wildman–Crippen MR) is 69.6 cm³/mol. The normalized spacial score (nSPS) is 21.6. The van der Waals surface area contributed by atoms with Crippen LogP contribution in [0.3, 0.4) is 0 Å². The van der Waals surface area contributed by atoms with Crippen LogP contribution in [0.2, 0.25) is 0 Å². The number of rotatable bonds is 3. The zero-order valence-electron chi connectivity index (χ0n) is 9.87. The van der Waals surface area contributed by atoms with Gasteiger partial charge in [-0.15, -0.1) is 0 Å². The van der Waals surface area contributed by atoms with E-state index in [0.29, 0.717) is 6.10 Å². The molecule has 1 heterocycles. The first-order valence-corrected chi connectivity index (χ1v) is 6.49. The Kier molecular flexibility index (Phi) is 4.00. The van der Waals surface area contributed by atoms with Crippen LogP contribution < -0.4 is 0 Å². The Labute approximate surface area is 106 Å². The largest absolute Gasteiger partial charge is 0.380 e. The molecule has 16 heavy (non-hydrogen) atoms. The molecule has 1 aromatic rings. The third-order valence-corrected chi connectivity index (χ3v) is 4.20. The Morgan fingerprint density at radius 2 is 2.31 bits per heavy atom. The molecule has 0 bridgehead atoms. The maximum absolute atomic E-state index is 5.38. The van der Waals surface area contributed by atoms with Crippen molar-refractivity contribution in [2.24, 2.45) is 0 Å². The molecule has 0 N–H and O–H groups in total. The Balaban J connectivity index is 2.02. The van der Waals surface area contributed by atoms with Gasteiger partial charge in [0.1, 0.15) is 0 Å². The molecule has 88 valence electrons. The van der Waals surface area contributed by atoms with Gasteiger partial charge in [-0.1, -0.05) is 28.1 Å². The van der Waals surface area contributed by atoms with Gasteiger partial charge in [-0.3, -0.25) is 4.90 Å². The van der Waals surface area contributed by atoms with Crippen LogP contribution in [0.15, 0.2) is 22.7 Å². The van der Waals surface area contributed by atoms with E-state index in [-0.39, 0.29) is 0 Å². The summed E-state index contributed by atoms with van der Waals surface area (Å²) in [5.74, 6) is 0. The number of ether oxygens (including phenoxy) is 1. The Morgan fingerprint density at radius 3 is 3.00 bits per heavy atom. The second-order valence-corrected chi connectivity index (χ2v) is 5.26. The minimum atomic E-state index is 0.424. The Hall–Kier alpha value is -0.380. The highest BCUT2D eigenvalue weighted by Gasteiger charge is 2.22. The molecule has 0 aromatic heterocycles. The monoisotopic (exact) mass is 283 g/mol. The maximum Gasteiger partial charge on any atom is 0.0710 e.